The van der Waals surface area contributed by atoms with Gasteiger partial charge in [0.05, 0.1) is 19.1 Å². The molecule has 2 fully saturated rings. The molecule has 1 saturated heterocycles. The first kappa shape index (κ1) is 9.97. The van der Waals surface area contributed by atoms with Crippen molar-refractivity contribution in [2.45, 2.75) is 27.2 Å². The summed E-state index contributed by atoms with van der Waals surface area (Å²) in [7, 11) is 0. The standard InChI is InChI=1S/C11H18O3/c1-4-11(5-14-6-11)8-7(9(12)13)10(8,2)3/h7-8H,4-6H2,1-3H3,(H,12,13)/t7-,8+/m0/s1. The van der Waals surface area contributed by atoms with Crippen LogP contribution < -0.4 is 0 Å². The van der Waals surface area contributed by atoms with Crippen LogP contribution in [0.4, 0.5) is 0 Å². The van der Waals surface area contributed by atoms with E-state index in [1.807, 2.05) is 0 Å². The molecule has 3 nitrogen and oxygen atoms in total. The molecule has 0 amide bonds. The van der Waals surface area contributed by atoms with Gasteiger partial charge in [-0.05, 0) is 17.8 Å². The lowest BCUT2D eigenvalue weighted by Gasteiger charge is -2.42. The van der Waals surface area contributed by atoms with Crippen molar-refractivity contribution in [2.24, 2.45) is 22.7 Å². The van der Waals surface area contributed by atoms with Gasteiger partial charge in [0.2, 0.25) is 0 Å². The molecule has 80 valence electrons. The van der Waals surface area contributed by atoms with E-state index in [4.69, 9.17) is 9.84 Å². The Bertz CT molecular complexity index is 260. The van der Waals surface area contributed by atoms with Crippen molar-refractivity contribution in [3.63, 3.8) is 0 Å². The smallest absolute Gasteiger partial charge is 0.307 e. The molecule has 0 spiro atoms. The van der Waals surface area contributed by atoms with Gasteiger partial charge in [0.25, 0.3) is 0 Å². The topological polar surface area (TPSA) is 46.5 Å². The van der Waals surface area contributed by atoms with E-state index in [1.54, 1.807) is 0 Å². The van der Waals surface area contributed by atoms with Crippen molar-refractivity contribution in [1.29, 1.82) is 0 Å². The summed E-state index contributed by atoms with van der Waals surface area (Å²) in [6, 6.07) is 0. The molecule has 3 heteroatoms. The normalized spacial score (nSPS) is 37.4. The highest BCUT2D eigenvalue weighted by atomic mass is 16.5. The SMILES string of the molecule is CCC1([C@@H]2[C@@H](C(=O)O)C2(C)C)COC1. The van der Waals surface area contributed by atoms with E-state index in [9.17, 15) is 4.79 Å². The van der Waals surface area contributed by atoms with Crippen LogP contribution in [0.15, 0.2) is 0 Å². The summed E-state index contributed by atoms with van der Waals surface area (Å²) >= 11 is 0. The van der Waals surface area contributed by atoms with Crippen LogP contribution in [0.25, 0.3) is 0 Å². The first-order valence-corrected chi connectivity index (χ1v) is 5.26. The highest BCUT2D eigenvalue weighted by Gasteiger charge is 2.70. The van der Waals surface area contributed by atoms with Crippen molar-refractivity contribution >= 4 is 5.97 Å². The van der Waals surface area contributed by atoms with Gasteiger partial charge in [-0.2, -0.15) is 0 Å². The Labute approximate surface area is 84.4 Å². The molecular weight excluding hydrogens is 180 g/mol. The Morgan fingerprint density at radius 2 is 2.07 bits per heavy atom. The Morgan fingerprint density at radius 1 is 1.50 bits per heavy atom. The largest absolute Gasteiger partial charge is 0.481 e. The second-order valence-electron chi connectivity index (χ2n) is 5.32. The van der Waals surface area contributed by atoms with E-state index in [-0.39, 0.29) is 16.7 Å². The molecule has 0 bridgehead atoms. The van der Waals surface area contributed by atoms with E-state index in [2.05, 4.69) is 20.8 Å². The first-order valence-electron chi connectivity index (χ1n) is 5.26. The van der Waals surface area contributed by atoms with Crippen LogP contribution in [0.2, 0.25) is 0 Å². The van der Waals surface area contributed by atoms with Crippen LogP contribution in [0, 0.1) is 22.7 Å². The van der Waals surface area contributed by atoms with Gasteiger partial charge >= 0.3 is 5.97 Å². The molecule has 14 heavy (non-hydrogen) atoms. The molecule has 0 aromatic heterocycles. The van der Waals surface area contributed by atoms with Crippen LogP contribution in [-0.2, 0) is 9.53 Å². The molecule has 1 heterocycles. The van der Waals surface area contributed by atoms with Crippen molar-refractivity contribution < 1.29 is 14.6 Å². The Hall–Kier alpha value is -0.570. The van der Waals surface area contributed by atoms with Crippen LogP contribution in [0.1, 0.15) is 27.2 Å². The van der Waals surface area contributed by atoms with E-state index >= 15 is 0 Å². The number of carbonyl (C=O) groups is 1. The maximum atomic E-state index is 11.0. The number of hydrogen-bond donors (Lipinski definition) is 1. The monoisotopic (exact) mass is 198 g/mol. The molecule has 1 saturated carbocycles. The fourth-order valence-electron chi connectivity index (χ4n) is 3.21. The lowest BCUT2D eigenvalue weighted by molar-refractivity contribution is -0.147. The molecule has 2 rings (SSSR count). The highest BCUT2D eigenvalue weighted by Crippen LogP contribution is 2.68. The van der Waals surface area contributed by atoms with Crippen molar-refractivity contribution in [1.82, 2.24) is 0 Å². The minimum atomic E-state index is -0.639. The summed E-state index contributed by atoms with van der Waals surface area (Å²) in [6.45, 7) is 7.76. The summed E-state index contributed by atoms with van der Waals surface area (Å²) in [4.78, 5) is 11.0. The number of ether oxygens (including phenoxy) is 1. The summed E-state index contributed by atoms with van der Waals surface area (Å²) in [5, 5.41) is 9.10. The van der Waals surface area contributed by atoms with Crippen molar-refractivity contribution in [3.05, 3.63) is 0 Å². The fourth-order valence-corrected chi connectivity index (χ4v) is 3.21. The summed E-state index contributed by atoms with van der Waals surface area (Å²) in [5.74, 6) is -0.489. The minimum absolute atomic E-state index is 0.0361. The molecule has 2 aliphatic rings. The summed E-state index contributed by atoms with van der Waals surface area (Å²) in [5.41, 5.74) is 0.123. The minimum Gasteiger partial charge on any atom is -0.481 e. The van der Waals surface area contributed by atoms with Crippen molar-refractivity contribution in [3.8, 4) is 0 Å². The van der Waals surface area contributed by atoms with Crippen LogP contribution in [0.5, 0.6) is 0 Å². The second-order valence-corrected chi connectivity index (χ2v) is 5.32. The van der Waals surface area contributed by atoms with Crippen LogP contribution in [-0.4, -0.2) is 24.3 Å². The average Bonchev–Trinajstić information content (AvgIpc) is 2.54. The predicted octanol–water partition coefficient (Wildman–Crippen LogP) is 1.77. The summed E-state index contributed by atoms with van der Waals surface area (Å²) in [6.07, 6.45) is 1.03. The zero-order chi connectivity index (χ0) is 10.6. The van der Waals surface area contributed by atoms with Gasteiger partial charge in [0.1, 0.15) is 0 Å². The van der Waals surface area contributed by atoms with Crippen LogP contribution in [0.3, 0.4) is 0 Å². The van der Waals surface area contributed by atoms with Gasteiger partial charge in [-0.3, -0.25) is 4.79 Å². The maximum absolute atomic E-state index is 11.0. The van der Waals surface area contributed by atoms with Gasteiger partial charge in [-0.25, -0.2) is 0 Å². The Kier molecular flexibility index (Phi) is 1.94. The number of carboxylic acids is 1. The number of hydrogen-bond acceptors (Lipinski definition) is 2. The molecule has 0 aromatic carbocycles. The van der Waals surface area contributed by atoms with Crippen molar-refractivity contribution in [2.75, 3.05) is 13.2 Å². The average molecular weight is 198 g/mol. The van der Waals surface area contributed by atoms with Crippen LogP contribution >= 0.6 is 0 Å². The molecule has 1 aliphatic carbocycles. The molecular formula is C11H18O3. The summed E-state index contributed by atoms with van der Waals surface area (Å²) < 4.78 is 5.26. The highest BCUT2D eigenvalue weighted by molar-refractivity contribution is 5.75. The Balaban J connectivity index is 2.17. The molecule has 0 radical (unpaired) electrons. The van der Waals surface area contributed by atoms with Gasteiger partial charge < -0.3 is 9.84 Å². The fraction of sp³-hybridized carbons (Fsp3) is 0.909. The van der Waals surface area contributed by atoms with E-state index in [1.165, 1.54) is 0 Å². The number of rotatable bonds is 3. The maximum Gasteiger partial charge on any atom is 0.307 e. The number of aliphatic carboxylic acids is 1. The van der Waals surface area contributed by atoms with Gasteiger partial charge in [0.15, 0.2) is 0 Å². The third kappa shape index (κ3) is 1.05. The first-order chi connectivity index (χ1) is 6.46. The predicted molar refractivity (Wildman–Crippen MR) is 51.9 cm³/mol. The third-order valence-corrected chi connectivity index (χ3v) is 4.24. The van der Waals surface area contributed by atoms with E-state index < -0.39 is 5.97 Å². The zero-order valence-corrected chi connectivity index (χ0v) is 9.04. The van der Waals surface area contributed by atoms with E-state index in [0.717, 1.165) is 19.6 Å². The van der Waals surface area contributed by atoms with Gasteiger partial charge in [0, 0.05) is 5.41 Å². The third-order valence-electron chi connectivity index (χ3n) is 4.24. The Morgan fingerprint density at radius 3 is 2.29 bits per heavy atom. The molecule has 1 N–H and O–H groups in total. The molecule has 1 aliphatic heterocycles. The second kappa shape index (κ2) is 2.72. The quantitative estimate of drug-likeness (QED) is 0.751. The van der Waals surface area contributed by atoms with Gasteiger partial charge in [-0.1, -0.05) is 20.8 Å². The molecule has 0 unspecified atom stereocenters. The van der Waals surface area contributed by atoms with Gasteiger partial charge in [-0.15, -0.1) is 0 Å². The lowest BCUT2D eigenvalue weighted by atomic mass is 9.75. The molecule has 0 aromatic rings. The number of carboxylic acid groups (broad SMARTS) is 1. The zero-order valence-electron chi connectivity index (χ0n) is 9.04. The lowest BCUT2D eigenvalue weighted by Crippen LogP contribution is -2.45. The van der Waals surface area contributed by atoms with E-state index in [0.29, 0.717) is 5.92 Å². The molecule has 2 atom stereocenters.